The first-order valence-electron chi connectivity index (χ1n) is 12.1. The second kappa shape index (κ2) is 8.94. The maximum absolute atomic E-state index is 13.2. The van der Waals surface area contributed by atoms with Gasteiger partial charge in [-0.2, -0.15) is 4.52 Å². The SMILES string of the molecule is O=C(C1CCN(c2nn3c(=O)c4c(nc3s2)CCCC4)CC1)N1CCN(c2ncccn2)CC1. The van der Waals surface area contributed by atoms with E-state index in [0.29, 0.717) is 18.1 Å². The molecule has 0 bridgehead atoms. The Balaban J connectivity index is 1.08. The third-order valence-corrected chi connectivity index (χ3v) is 8.18. The molecule has 0 radical (unpaired) electrons. The monoisotopic (exact) mass is 480 g/mol. The zero-order chi connectivity index (χ0) is 23.1. The third-order valence-electron chi connectivity index (χ3n) is 7.21. The number of carbonyl (C=O) groups is 1. The van der Waals surface area contributed by atoms with Crippen molar-refractivity contribution in [3.05, 3.63) is 40.1 Å². The Morgan fingerprint density at radius 1 is 0.941 bits per heavy atom. The number of piperazine rings is 1. The van der Waals surface area contributed by atoms with E-state index in [1.807, 2.05) is 11.0 Å². The van der Waals surface area contributed by atoms with E-state index in [1.54, 1.807) is 12.4 Å². The fraction of sp³-hybridized carbons (Fsp3) is 0.565. The van der Waals surface area contributed by atoms with Crippen molar-refractivity contribution in [3.63, 3.8) is 0 Å². The lowest BCUT2D eigenvalue weighted by Gasteiger charge is -2.38. The van der Waals surface area contributed by atoms with Crippen molar-refractivity contribution >= 4 is 33.3 Å². The molecule has 2 saturated heterocycles. The van der Waals surface area contributed by atoms with Gasteiger partial charge >= 0.3 is 0 Å². The number of nitrogens with zero attached hydrogens (tertiary/aromatic N) is 8. The van der Waals surface area contributed by atoms with Crippen LogP contribution in [0.4, 0.5) is 11.1 Å². The van der Waals surface area contributed by atoms with Gasteiger partial charge in [0.15, 0.2) is 0 Å². The summed E-state index contributed by atoms with van der Waals surface area (Å²) in [5.41, 5.74) is 1.78. The average Bonchev–Trinajstić information content (AvgIpc) is 3.34. The van der Waals surface area contributed by atoms with Crippen LogP contribution in [0.2, 0.25) is 0 Å². The third kappa shape index (κ3) is 3.91. The van der Waals surface area contributed by atoms with Crippen LogP contribution in [0.15, 0.2) is 23.3 Å². The molecule has 1 aliphatic carbocycles. The topological polar surface area (TPSA) is 99.8 Å². The van der Waals surface area contributed by atoms with Gasteiger partial charge in [-0.3, -0.25) is 9.59 Å². The van der Waals surface area contributed by atoms with Crippen LogP contribution in [-0.4, -0.2) is 74.6 Å². The maximum atomic E-state index is 13.2. The Kier molecular flexibility index (Phi) is 5.64. The van der Waals surface area contributed by atoms with E-state index in [-0.39, 0.29) is 17.4 Å². The van der Waals surface area contributed by atoms with Gasteiger partial charge in [-0.15, -0.1) is 5.10 Å². The van der Waals surface area contributed by atoms with Gasteiger partial charge in [0.05, 0.1) is 5.69 Å². The van der Waals surface area contributed by atoms with Gasteiger partial charge in [-0.25, -0.2) is 15.0 Å². The number of aromatic nitrogens is 5. The Bertz CT molecular complexity index is 1240. The lowest BCUT2D eigenvalue weighted by Crippen LogP contribution is -2.52. The van der Waals surface area contributed by atoms with E-state index in [1.165, 1.54) is 15.9 Å². The zero-order valence-electron chi connectivity index (χ0n) is 19.1. The lowest BCUT2D eigenvalue weighted by atomic mass is 9.95. The number of fused-ring (bicyclic) bond motifs is 2. The molecule has 0 aromatic carbocycles. The van der Waals surface area contributed by atoms with Crippen LogP contribution < -0.4 is 15.4 Å². The van der Waals surface area contributed by atoms with Crippen molar-refractivity contribution in [2.45, 2.75) is 38.5 Å². The van der Waals surface area contributed by atoms with E-state index >= 15 is 0 Å². The number of carbonyl (C=O) groups excluding carboxylic acids is 1. The molecule has 0 saturated carbocycles. The Morgan fingerprint density at radius 3 is 2.44 bits per heavy atom. The fourth-order valence-corrected chi connectivity index (χ4v) is 6.21. The largest absolute Gasteiger partial charge is 0.347 e. The molecule has 1 amide bonds. The number of amides is 1. The molecule has 3 aromatic rings. The second-order valence-electron chi connectivity index (χ2n) is 9.25. The van der Waals surface area contributed by atoms with Crippen molar-refractivity contribution in [1.29, 1.82) is 0 Å². The van der Waals surface area contributed by atoms with Gasteiger partial charge in [0.2, 0.25) is 21.9 Å². The summed E-state index contributed by atoms with van der Waals surface area (Å²) in [5, 5.41) is 5.44. The standard InChI is InChI=1S/C23H28N8O2S/c32-19(28-12-14-29(15-13-28)21-24-8-3-9-25-21)16-6-10-30(11-7-16)23-27-31-20(33)17-4-1-2-5-18(17)26-22(31)34-23/h3,8-9,16H,1-2,4-7,10-15H2. The molecule has 3 aliphatic rings. The Labute approximate surface area is 201 Å². The lowest BCUT2D eigenvalue weighted by molar-refractivity contribution is -0.136. The summed E-state index contributed by atoms with van der Waals surface area (Å²) in [6, 6.07) is 1.81. The summed E-state index contributed by atoms with van der Waals surface area (Å²) in [7, 11) is 0. The first kappa shape index (κ1) is 21.5. The van der Waals surface area contributed by atoms with E-state index < -0.39 is 0 Å². The van der Waals surface area contributed by atoms with Gasteiger partial charge in [0.25, 0.3) is 5.56 Å². The highest BCUT2D eigenvalue weighted by molar-refractivity contribution is 7.20. The van der Waals surface area contributed by atoms with Gasteiger partial charge in [0.1, 0.15) is 0 Å². The van der Waals surface area contributed by atoms with Crippen LogP contribution in [0.25, 0.3) is 4.96 Å². The second-order valence-corrected chi connectivity index (χ2v) is 10.2. The minimum atomic E-state index is -0.00712. The van der Waals surface area contributed by atoms with Gasteiger partial charge in [0, 0.05) is 63.1 Å². The molecule has 34 heavy (non-hydrogen) atoms. The van der Waals surface area contributed by atoms with Crippen molar-refractivity contribution in [1.82, 2.24) is 29.5 Å². The van der Waals surface area contributed by atoms with Crippen LogP contribution >= 0.6 is 11.3 Å². The summed E-state index contributed by atoms with van der Waals surface area (Å²) < 4.78 is 1.48. The number of hydrogen-bond acceptors (Lipinski definition) is 9. The molecule has 0 unspecified atom stereocenters. The molecule has 5 heterocycles. The van der Waals surface area contributed by atoms with Crippen LogP contribution in [0, 0.1) is 5.92 Å². The molecule has 11 heteroatoms. The summed E-state index contributed by atoms with van der Waals surface area (Å²) in [6.07, 6.45) is 8.93. The van der Waals surface area contributed by atoms with Gasteiger partial charge < -0.3 is 14.7 Å². The summed E-state index contributed by atoms with van der Waals surface area (Å²) in [5.74, 6) is 1.02. The zero-order valence-corrected chi connectivity index (χ0v) is 19.9. The molecule has 10 nitrogen and oxygen atoms in total. The summed E-state index contributed by atoms with van der Waals surface area (Å²) in [6.45, 7) is 4.45. The normalized spacial score (nSPS) is 19.5. The number of piperidine rings is 1. The minimum absolute atomic E-state index is 0.00712. The Morgan fingerprint density at radius 2 is 1.68 bits per heavy atom. The predicted octanol–water partition coefficient (Wildman–Crippen LogP) is 1.38. The van der Waals surface area contributed by atoms with Gasteiger partial charge in [-0.05, 0) is 44.6 Å². The van der Waals surface area contributed by atoms with E-state index in [9.17, 15) is 9.59 Å². The molecule has 0 spiro atoms. The van der Waals surface area contributed by atoms with Crippen LogP contribution in [0.3, 0.4) is 0 Å². The first-order valence-corrected chi connectivity index (χ1v) is 13.0. The molecule has 0 N–H and O–H groups in total. The number of anilines is 2. The van der Waals surface area contributed by atoms with E-state index in [2.05, 4.69) is 24.9 Å². The smallest absolute Gasteiger partial charge is 0.278 e. The van der Waals surface area contributed by atoms with Crippen LogP contribution in [0.1, 0.15) is 36.9 Å². The summed E-state index contributed by atoms with van der Waals surface area (Å²) >= 11 is 1.48. The van der Waals surface area contributed by atoms with Gasteiger partial charge in [-0.1, -0.05) is 11.3 Å². The molecule has 0 atom stereocenters. The molecule has 178 valence electrons. The van der Waals surface area contributed by atoms with Crippen molar-refractivity contribution < 1.29 is 4.79 Å². The fourth-order valence-electron chi connectivity index (χ4n) is 5.25. The Hall–Kier alpha value is -3.08. The van der Waals surface area contributed by atoms with Crippen LogP contribution in [0.5, 0.6) is 0 Å². The van der Waals surface area contributed by atoms with Crippen molar-refractivity contribution in [3.8, 4) is 0 Å². The minimum Gasteiger partial charge on any atom is -0.347 e. The van der Waals surface area contributed by atoms with E-state index in [4.69, 9.17) is 4.98 Å². The molecule has 3 aromatic heterocycles. The average molecular weight is 481 g/mol. The first-order chi connectivity index (χ1) is 16.7. The highest BCUT2D eigenvalue weighted by atomic mass is 32.1. The van der Waals surface area contributed by atoms with Crippen molar-refractivity contribution in [2.24, 2.45) is 5.92 Å². The predicted molar refractivity (Wildman–Crippen MR) is 130 cm³/mol. The number of aryl methyl sites for hydroxylation is 1. The number of hydrogen-bond donors (Lipinski definition) is 0. The van der Waals surface area contributed by atoms with E-state index in [0.717, 1.165) is 87.0 Å². The number of rotatable bonds is 3. The van der Waals surface area contributed by atoms with Crippen LogP contribution in [-0.2, 0) is 17.6 Å². The molecule has 2 fully saturated rings. The highest BCUT2D eigenvalue weighted by Crippen LogP contribution is 2.29. The molecule has 2 aliphatic heterocycles. The molecule has 6 rings (SSSR count). The maximum Gasteiger partial charge on any atom is 0.278 e. The summed E-state index contributed by atoms with van der Waals surface area (Å²) in [4.78, 5) is 46.4. The van der Waals surface area contributed by atoms with Crippen molar-refractivity contribution in [2.75, 3.05) is 49.1 Å². The quantitative estimate of drug-likeness (QED) is 0.555. The highest BCUT2D eigenvalue weighted by Gasteiger charge is 2.32. The molecular weight excluding hydrogens is 452 g/mol. The molecular formula is C23H28N8O2S.